The van der Waals surface area contributed by atoms with E-state index in [1.54, 1.807) is 4.72 Å². The van der Waals surface area contributed by atoms with Gasteiger partial charge in [-0.05, 0) is 6.07 Å². The predicted molar refractivity (Wildman–Crippen MR) is 82.8 cm³/mol. The zero-order chi connectivity index (χ0) is 17.5. The first-order valence-electron chi connectivity index (χ1n) is 6.36. The van der Waals surface area contributed by atoms with Crippen LogP contribution in [0.2, 0.25) is 5.02 Å². The highest BCUT2D eigenvalue weighted by Crippen LogP contribution is 2.36. The van der Waals surface area contributed by atoms with E-state index in [-0.39, 0.29) is 11.6 Å². The fraction of sp³-hybridized carbons (Fsp3) is 0.0833. The normalized spacial score (nSPS) is 16.1. The summed E-state index contributed by atoms with van der Waals surface area (Å²) in [6.45, 7) is -0.625. The minimum atomic E-state index is -4.24. The molecule has 3 N–H and O–H groups in total. The molecule has 24 heavy (non-hydrogen) atoms. The minimum absolute atomic E-state index is 0.0759. The second-order valence-electron chi connectivity index (χ2n) is 4.71. The molecule has 3 rings (SSSR count). The molecule has 1 aromatic carbocycles. The molecule has 0 aliphatic carbocycles. The third-order valence-corrected chi connectivity index (χ3v) is 4.56. The van der Waals surface area contributed by atoms with E-state index in [4.69, 9.17) is 11.6 Å². The third-order valence-electron chi connectivity index (χ3n) is 2.99. The maximum absolute atomic E-state index is 14.3. The molecule has 1 fully saturated rings. The number of phenols is 1. The molecule has 0 bridgehead atoms. The first-order chi connectivity index (χ1) is 11.3. The van der Waals surface area contributed by atoms with Crippen LogP contribution in [-0.4, -0.2) is 35.9 Å². The van der Waals surface area contributed by atoms with Crippen LogP contribution in [0, 0.1) is 5.82 Å². The first kappa shape index (κ1) is 16.2. The summed E-state index contributed by atoms with van der Waals surface area (Å²) < 4.78 is 39.9. The molecule has 0 atom stereocenters. The second kappa shape index (κ2) is 5.76. The number of carbonyl (C=O) groups excluding carboxylic acids is 1. The molecule has 126 valence electrons. The smallest absolute Gasteiger partial charge is 0.326 e. The van der Waals surface area contributed by atoms with E-state index < -0.39 is 39.9 Å². The van der Waals surface area contributed by atoms with Crippen molar-refractivity contribution in [3.05, 3.63) is 35.4 Å². The van der Waals surface area contributed by atoms with Gasteiger partial charge in [0.1, 0.15) is 18.0 Å². The lowest BCUT2D eigenvalue weighted by Crippen LogP contribution is -2.30. The van der Waals surface area contributed by atoms with Crippen molar-refractivity contribution >= 4 is 45.0 Å². The van der Waals surface area contributed by atoms with E-state index in [1.807, 2.05) is 0 Å². The van der Waals surface area contributed by atoms with Crippen molar-refractivity contribution in [3.8, 4) is 5.75 Å². The number of rotatable bonds is 3. The molecule has 0 unspecified atom stereocenters. The molecule has 0 saturated carbocycles. The van der Waals surface area contributed by atoms with Gasteiger partial charge in [0.2, 0.25) is 5.95 Å². The average molecular weight is 374 g/mol. The van der Waals surface area contributed by atoms with Crippen molar-refractivity contribution in [2.75, 3.05) is 16.2 Å². The highest BCUT2D eigenvalue weighted by molar-refractivity contribution is 7.92. The number of anilines is 3. The van der Waals surface area contributed by atoms with Gasteiger partial charge in [-0.15, -0.1) is 0 Å². The average Bonchev–Trinajstić information content (AvgIpc) is 2.74. The van der Waals surface area contributed by atoms with Crippen LogP contribution in [0.1, 0.15) is 0 Å². The van der Waals surface area contributed by atoms with Crippen molar-refractivity contribution < 1.29 is 22.7 Å². The molecule has 0 spiro atoms. The van der Waals surface area contributed by atoms with Gasteiger partial charge >= 0.3 is 10.2 Å². The van der Waals surface area contributed by atoms with Crippen LogP contribution in [-0.2, 0) is 15.0 Å². The summed E-state index contributed by atoms with van der Waals surface area (Å²) in [5, 5.41) is 12.9. The Morgan fingerprint density at radius 1 is 1.33 bits per heavy atom. The Hall–Kier alpha value is -2.66. The topological polar surface area (TPSA) is 125 Å². The van der Waals surface area contributed by atoms with Gasteiger partial charge in [0.05, 0.1) is 17.4 Å². The molecular weight excluding hydrogens is 365 g/mol. The van der Waals surface area contributed by atoms with Crippen molar-refractivity contribution in [2.45, 2.75) is 0 Å². The lowest BCUT2D eigenvalue weighted by Gasteiger charge is -2.17. The number of amides is 1. The predicted octanol–water partition coefficient (Wildman–Crippen LogP) is 0.899. The van der Waals surface area contributed by atoms with Crippen molar-refractivity contribution in [3.63, 3.8) is 0 Å². The van der Waals surface area contributed by atoms with Gasteiger partial charge in [0.15, 0.2) is 5.82 Å². The van der Waals surface area contributed by atoms with Crippen molar-refractivity contribution in [2.24, 2.45) is 0 Å². The Labute approximate surface area is 140 Å². The maximum atomic E-state index is 14.3. The minimum Gasteiger partial charge on any atom is -0.506 e. The summed E-state index contributed by atoms with van der Waals surface area (Å²) in [6.07, 6.45) is 2.63. The van der Waals surface area contributed by atoms with Gasteiger partial charge in [-0.3, -0.25) is 4.79 Å². The van der Waals surface area contributed by atoms with E-state index in [0.29, 0.717) is 9.33 Å². The number of halogens is 2. The number of hydrogen-bond donors (Lipinski definition) is 3. The molecule has 1 aromatic heterocycles. The summed E-state index contributed by atoms with van der Waals surface area (Å²) in [4.78, 5) is 18.9. The standard InChI is InChI=1S/C12H9ClFN5O4S/c13-6-3-15-12(16-4-6)17-7-1-8(14)11(9(20)2-7)19-5-10(21)18-24(19,22)23/h1-4,20H,5H2,(H,18,21)(H,15,16,17). The molecule has 0 radical (unpaired) electrons. The number of aromatic hydroxyl groups is 1. The molecule has 1 amide bonds. The van der Waals surface area contributed by atoms with Gasteiger partial charge < -0.3 is 10.4 Å². The molecule has 1 aliphatic heterocycles. The molecule has 2 aromatic rings. The number of benzene rings is 1. The van der Waals surface area contributed by atoms with Gasteiger partial charge in [0, 0.05) is 11.8 Å². The first-order valence-corrected chi connectivity index (χ1v) is 8.18. The molecular formula is C12H9ClFN5O4S. The number of hydrogen-bond acceptors (Lipinski definition) is 7. The third kappa shape index (κ3) is 3.03. The highest BCUT2D eigenvalue weighted by atomic mass is 35.5. The van der Waals surface area contributed by atoms with E-state index in [9.17, 15) is 22.7 Å². The number of nitrogens with one attached hydrogen (secondary N) is 2. The number of carbonyl (C=O) groups is 1. The summed E-state index contributed by atoms with van der Waals surface area (Å²) in [5.74, 6) is -2.46. The molecule has 1 saturated heterocycles. The van der Waals surface area contributed by atoms with Crippen molar-refractivity contribution in [1.82, 2.24) is 14.7 Å². The van der Waals surface area contributed by atoms with Crippen LogP contribution in [0.3, 0.4) is 0 Å². The second-order valence-corrected chi connectivity index (χ2v) is 6.74. The fourth-order valence-electron chi connectivity index (χ4n) is 2.06. The van der Waals surface area contributed by atoms with Crippen LogP contribution < -0.4 is 14.3 Å². The molecule has 12 heteroatoms. The summed E-state index contributed by atoms with van der Waals surface area (Å²) in [6, 6.07) is 2.01. The Kier molecular flexibility index (Phi) is 3.89. The monoisotopic (exact) mass is 373 g/mol. The summed E-state index contributed by atoms with van der Waals surface area (Å²) >= 11 is 5.65. The van der Waals surface area contributed by atoms with Crippen LogP contribution in [0.15, 0.2) is 24.5 Å². The van der Waals surface area contributed by atoms with Gasteiger partial charge in [-0.25, -0.2) is 23.4 Å². The lowest BCUT2D eigenvalue weighted by molar-refractivity contribution is -0.117. The Balaban J connectivity index is 1.94. The Bertz CT molecular complexity index is 899. The number of aromatic nitrogens is 2. The van der Waals surface area contributed by atoms with E-state index in [0.717, 1.165) is 12.1 Å². The van der Waals surface area contributed by atoms with Crippen molar-refractivity contribution in [1.29, 1.82) is 0 Å². The van der Waals surface area contributed by atoms with Crippen LogP contribution >= 0.6 is 11.6 Å². The zero-order valence-electron chi connectivity index (χ0n) is 11.7. The molecule has 9 nitrogen and oxygen atoms in total. The zero-order valence-corrected chi connectivity index (χ0v) is 13.3. The van der Waals surface area contributed by atoms with Crippen LogP contribution in [0.5, 0.6) is 5.75 Å². The lowest BCUT2D eigenvalue weighted by atomic mass is 10.2. The largest absolute Gasteiger partial charge is 0.506 e. The molecule has 2 heterocycles. The fourth-order valence-corrected chi connectivity index (χ4v) is 3.32. The van der Waals surface area contributed by atoms with E-state index in [2.05, 4.69) is 15.3 Å². The quantitative estimate of drug-likeness (QED) is 0.730. The Morgan fingerprint density at radius 3 is 2.54 bits per heavy atom. The number of nitrogens with zero attached hydrogens (tertiary/aromatic N) is 3. The van der Waals surface area contributed by atoms with Gasteiger partial charge in [-0.1, -0.05) is 11.6 Å². The van der Waals surface area contributed by atoms with E-state index in [1.165, 1.54) is 12.4 Å². The van der Waals surface area contributed by atoms with Crippen LogP contribution in [0.25, 0.3) is 0 Å². The number of phenolic OH excluding ortho intramolecular Hbond substituents is 1. The maximum Gasteiger partial charge on any atom is 0.326 e. The van der Waals surface area contributed by atoms with Crippen LogP contribution in [0.4, 0.5) is 21.7 Å². The van der Waals surface area contributed by atoms with E-state index >= 15 is 0 Å². The van der Waals surface area contributed by atoms with Gasteiger partial charge in [0.25, 0.3) is 5.91 Å². The molecule has 1 aliphatic rings. The summed E-state index contributed by atoms with van der Waals surface area (Å²) in [7, 11) is -4.24. The SMILES string of the molecule is O=C1CN(c2c(O)cc(Nc3ncc(Cl)cn3)cc2F)S(=O)(=O)N1. The van der Waals surface area contributed by atoms with Gasteiger partial charge in [-0.2, -0.15) is 8.42 Å². The highest BCUT2D eigenvalue weighted by Gasteiger charge is 2.37. The summed E-state index contributed by atoms with van der Waals surface area (Å²) in [5.41, 5.74) is -0.553. The Morgan fingerprint density at radius 2 is 2.00 bits per heavy atom.